The molecule has 0 saturated carbocycles. The first-order chi connectivity index (χ1) is 13.1. The number of rotatable bonds is 3. The van der Waals surface area contributed by atoms with Gasteiger partial charge in [0.15, 0.2) is 5.69 Å². The van der Waals surface area contributed by atoms with Crippen molar-refractivity contribution in [1.82, 2.24) is 19.7 Å². The maximum atomic E-state index is 12.5. The molecule has 2 aromatic carbocycles. The highest BCUT2D eigenvalue weighted by Gasteiger charge is 2.16. The summed E-state index contributed by atoms with van der Waals surface area (Å²) in [5, 5.41) is 16.6. The van der Waals surface area contributed by atoms with Crippen LogP contribution in [0.4, 0.5) is 0 Å². The molecule has 0 amide bonds. The Bertz CT molecular complexity index is 1290. The van der Waals surface area contributed by atoms with E-state index in [0.29, 0.717) is 22.0 Å². The van der Waals surface area contributed by atoms with Gasteiger partial charge in [0.2, 0.25) is 0 Å². The van der Waals surface area contributed by atoms with Crippen LogP contribution in [0.25, 0.3) is 22.0 Å². The molecular weight excluding hydrogens is 342 g/mol. The molecule has 1 atom stereocenters. The Balaban J connectivity index is 1.93. The highest BCUT2D eigenvalue weighted by atomic mass is 16.2. The molecule has 1 unspecified atom stereocenters. The van der Waals surface area contributed by atoms with Crippen molar-refractivity contribution < 1.29 is 0 Å². The molecule has 0 fully saturated rings. The fraction of sp³-hybridized carbons (Fsp3) is 0.100. The summed E-state index contributed by atoms with van der Waals surface area (Å²) in [5.74, 6) is 0. The van der Waals surface area contributed by atoms with Crippen LogP contribution in [0, 0.1) is 11.3 Å². The summed E-state index contributed by atoms with van der Waals surface area (Å²) in [7, 11) is 0. The molecule has 7 nitrogen and oxygen atoms in total. The number of H-pyrrole nitrogens is 2. The number of nitrogens with zero attached hydrogens (tertiary/aromatic N) is 3. The van der Waals surface area contributed by atoms with E-state index < -0.39 is 11.2 Å². The van der Waals surface area contributed by atoms with Gasteiger partial charge in [-0.3, -0.25) is 19.4 Å². The Hall–Kier alpha value is -3.92. The zero-order valence-corrected chi connectivity index (χ0v) is 14.4. The van der Waals surface area contributed by atoms with Crippen LogP contribution in [-0.4, -0.2) is 19.7 Å². The zero-order valence-electron chi connectivity index (χ0n) is 14.4. The summed E-state index contributed by atoms with van der Waals surface area (Å²) in [6.07, 6.45) is 1.56. The first-order valence-corrected chi connectivity index (χ1v) is 8.38. The van der Waals surface area contributed by atoms with Gasteiger partial charge in [0, 0.05) is 17.1 Å². The van der Waals surface area contributed by atoms with Gasteiger partial charge in [-0.1, -0.05) is 42.5 Å². The van der Waals surface area contributed by atoms with Crippen LogP contribution in [-0.2, 0) is 0 Å². The van der Waals surface area contributed by atoms with Gasteiger partial charge in [0.25, 0.3) is 5.56 Å². The molecule has 0 aliphatic rings. The number of nitriles is 1. The quantitative estimate of drug-likeness (QED) is 0.587. The summed E-state index contributed by atoms with van der Waals surface area (Å²) in [5.41, 5.74) is 1.73. The number of para-hydroxylation sites is 1. The summed E-state index contributed by atoms with van der Waals surface area (Å²) in [4.78, 5) is 27.3. The second-order valence-corrected chi connectivity index (χ2v) is 6.21. The molecular formula is C20H15N5O2. The minimum atomic E-state index is -0.489. The molecule has 0 aliphatic carbocycles. The van der Waals surface area contributed by atoms with E-state index in [1.165, 1.54) is 4.57 Å². The SMILES string of the molecule is CC(c1ccccc1)n1cc(-c2cccc3c(C#N)n[nH]c23)c(=O)[nH]c1=O. The van der Waals surface area contributed by atoms with Crippen molar-refractivity contribution in [2.45, 2.75) is 13.0 Å². The normalized spacial score (nSPS) is 12.0. The number of benzene rings is 2. The third kappa shape index (κ3) is 2.73. The van der Waals surface area contributed by atoms with Crippen LogP contribution in [0.15, 0.2) is 64.3 Å². The third-order valence-electron chi connectivity index (χ3n) is 4.66. The molecule has 4 aromatic rings. The van der Waals surface area contributed by atoms with Gasteiger partial charge in [0.05, 0.1) is 17.1 Å². The van der Waals surface area contributed by atoms with Gasteiger partial charge >= 0.3 is 5.69 Å². The molecule has 7 heteroatoms. The smallest absolute Gasteiger partial charge is 0.293 e. The molecule has 4 rings (SSSR count). The van der Waals surface area contributed by atoms with E-state index in [1.807, 2.05) is 43.3 Å². The van der Waals surface area contributed by atoms with Crippen molar-refractivity contribution in [3.63, 3.8) is 0 Å². The van der Waals surface area contributed by atoms with Gasteiger partial charge in [-0.15, -0.1) is 0 Å². The van der Waals surface area contributed by atoms with E-state index >= 15 is 0 Å². The van der Waals surface area contributed by atoms with Gasteiger partial charge in [-0.25, -0.2) is 4.79 Å². The lowest BCUT2D eigenvalue weighted by molar-refractivity contribution is 0.596. The maximum Gasteiger partial charge on any atom is 0.328 e. The maximum absolute atomic E-state index is 12.5. The van der Waals surface area contributed by atoms with Crippen LogP contribution in [0.3, 0.4) is 0 Å². The predicted molar refractivity (Wildman–Crippen MR) is 101 cm³/mol. The molecule has 0 aliphatic heterocycles. The van der Waals surface area contributed by atoms with Crippen molar-refractivity contribution in [2.75, 3.05) is 0 Å². The van der Waals surface area contributed by atoms with Gasteiger partial charge in [0.1, 0.15) is 6.07 Å². The Kier molecular flexibility index (Phi) is 3.94. The summed E-state index contributed by atoms with van der Waals surface area (Å²) in [6, 6.07) is 16.6. The molecule has 2 aromatic heterocycles. The molecule has 0 saturated heterocycles. The van der Waals surface area contributed by atoms with Gasteiger partial charge in [-0.05, 0) is 18.6 Å². The van der Waals surface area contributed by atoms with Gasteiger partial charge < -0.3 is 0 Å². The fourth-order valence-electron chi connectivity index (χ4n) is 3.21. The van der Waals surface area contributed by atoms with E-state index in [-0.39, 0.29) is 11.7 Å². The van der Waals surface area contributed by atoms with Crippen molar-refractivity contribution in [3.05, 3.63) is 86.8 Å². The van der Waals surface area contributed by atoms with E-state index in [4.69, 9.17) is 0 Å². The van der Waals surface area contributed by atoms with Crippen LogP contribution in [0.1, 0.15) is 24.2 Å². The van der Waals surface area contributed by atoms with E-state index in [9.17, 15) is 14.9 Å². The van der Waals surface area contributed by atoms with Crippen LogP contribution in [0.5, 0.6) is 0 Å². The lowest BCUT2D eigenvalue weighted by atomic mass is 10.0. The second-order valence-electron chi connectivity index (χ2n) is 6.21. The minimum absolute atomic E-state index is 0.259. The number of nitrogens with one attached hydrogen (secondary N) is 2. The molecule has 132 valence electrons. The summed E-state index contributed by atoms with van der Waals surface area (Å²) in [6.45, 7) is 1.89. The van der Waals surface area contributed by atoms with Gasteiger partial charge in [-0.2, -0.15) is 10.4 Å². The average Bonchev–Trinajstić information content (AvgIpc) is 3.12. The minimum Gasteiger partial charge on any atom is -0.293 e. The van der Waals surface area contributed by atoms with E-state index in [1.54, 1.807) is 24.4 Å². The molecule has 2 N–H and O–H groups in total. The van der Waals surface area contributed by atoms with Crippen molar-refractivity contribution in [2.24, 2.45) is 0 Å². The Morgan fingerprint density at radius 1 is 1.07 bits per heavy atom. The zero-order chi connectivity index (χ0) is 19.0. The monoisotopic (exact) mass is 357 g/mol. The average molecular weight is 357 g/mol. The van der Waals surface area contributed by atoms with Crippen LogP contribution < -0.4 is 11.2 Å². The number of aromatic nitrogens is 4. The Labute approximate surface area is 153 Å². The van der Waals surface area contributed by atoms with Crippen molar-refractivity contribution in [3.8, 4) is 17.2 Å². The van der Waals surface area contributed by atoms with E-state index in [2.05, 4.69) is 15.2 Å². The Morgan fingerprint density at radius 2 is 1.85 bits per heavy atom. The second kappa shape index (κ2) is 6.42. The van der Waals surface area contributed by atoms with Crippen LogP contribution >= 0.6 is 0 Å². The topological polar surface area (TPSA) is 107 Å². The number of aromatic amines is 2. The predicted octanol–water partition coefficient (Wildman–Crippen LogP) is 2.56. The van der Waals surface area contributed by atoms with E-state index in [0.717, 1.165) is 5.56 Å². The summed E-state index contributed by atoms with van der Waals surface area (Å²) >= 11 is 0. The lowest BCUT2D eigenvalue weighted by Gasteiger charge is -2.16. The van der Waals surface area contributed by atoms with Crippen LogP contribution in [0.2, 0.25) is 0 Å². The molecule has 0 radical (unpaired) electrons. The largest absolute Gasteiger partial charge is 0.328 e. The summed E-state index contributed by atoms with van der Waals surface area (Å²) < 4.78 is 1.49. The molecule has 0 spiro atoms. The van der Waals surface area contributed by atoms with Crippen molar-refractivity contribution in [1.29, 1.82) is 5.26 Å². The standard InChI is InChI=1S/C20H15N5O2/c1-12(13-6-3-2-4-7-13)25-11-16(19(26)22-20(25)27)14-8-5-9-15-17(10-21)23-24-18(14)15/h2-9,11-12H,1H3,(H,23,24)(H,22,26,27). The molecule has 0 bridgehead atoms. The first kappa shape index (κ1) is 16.5. The number of hydrogen-bond acceptors (Lipinski definition) is 4. The number of fused-ring (bicyclic) bond motifs is 1. The third-order valence-corrected chi connectivity index (χ3v) is 4.66. The Morgan fingerprint density at radius 3 is 2.59 bits per heavy atom. The first-order valence-electron chi connectivity index (χ1n) is 8.38. The highest BCUT2D eigenvalue weighted by Crippen LogP contribution is 2.27. The molecule has 2 heterocycles. The molecule has 27 heavy (non-hydrogen) atoms. The number of hydrogen-bond donors (Lipinski definition) is 2. The van der Waals surface area contributed by atoms with Crippen molar-refractivity contribution >= 4 is 10.9 Å². The lowest BCUT2D eigenvalue weighted by Crippen LogP contribution is -2.32. The fourth-order valence-corrected chi connectivity index (χ4v) is 3.21. The highest BCUT2D eigenvalue weighted by molar-refractivity contribution is 5.95.